The average molecular weight is 410 g/mol. The molecule has 0 bridgehead atoms. The number of aryl methyl sites for hydroxylation is 1. The van der Waals surface area contributed by atoms with Gasteiger partial charge in [0.05, 0.1) is 0 Å². The number of unbranched alkanes of at least 4 members (excludes halogenated alkanes) is 1. The summed E-state index contributed by atoms with van der Waals surface area (Å²) in [4.78, 5) is 19.5. The highest BCUT2D eigenvalue weighted by molar-refractivity contribution is 6.30. The lowest BCUT2D eigenvalue weighted by Gasteiger charge is -2.22. The first kappa shape index (κ1) is 19.6. The minimum Gasteiger partial charge on any atom is -0.337 e. The van der Waals surface area contributed by atoms with Gasteiger partial charge in [0.25, 0.3) is 5.91 Å². The Kier molecular flexibility index (Phi) is 5.95. The van der Waals surface area contributed by atoms with Crippen molar-refractivity contribution in [2.75, 3.05) is 6.54 Å². The van der Waals surface area contributed by atoms with Crippen LogP contribution in [0, 0.1) is 0 Å². The van der Waals surface area contributed by atoms with Crippen LogP contribution in [-0.2, 0) is 6.42 Å². The van der Waals surface area contributed by atoms with Crippen molar-refractivity contribution in [1.82, 2.24) is 15.0 Å². The van der Waals surface area contributed by atoms with Crippen LogP contribution < -0.4 is 0 Å². The summed E-state index contributed by atoms with van der Waals surface area (Å²) in [5.74, 6) is 1.01. The smallest absolute Gasteiger partial charge is 0.254 e. The number of rotatable bonds is 6. The third-order valence-corrected chi connectivity index (χ3v) is 5.61. The van der Waals surface area contributed by atoms with Crippen molar-refractivity contribution in [2.45, 2.75) is 45.1 Å². The van der Waals surface area contributed by atoms with Crippen LogP contribution in [-0.4, -0.2) is 27.5 Å². The molecule has 5 nitrogen and oxygen atoms in total. The van der Waals surface area contributed by atoms with E-state index < -0.39 is 0 Å². The summed E-state index contributed by atoms with van der Waals surface area (Å²) in [7, 11) is 0. The molecule has 0 unspecified atom stereocenters. The van der Waals surface area contributed by atoms with Crippen LogP contribution in [0.3, 0.4) is 0 Å². The molecule has 29 heavy (non-hydrogen) atoms. The lowest BCUT2D eigenvalue weighted by molar-refractivity contribution is 0.0710. The molecule has 1 aliphatic rings. The molecule has 6 heteroatoms. The Balaban J connectivity index is 1.50. The van der Waals surface area contributed by atoms with Crippen LogP contribution in [0.5, 0.6) is 0 Å². The van der Waals surface area contributed by atoms with Crippen molar-refractivity contribution in [2.24, 2.45) is 0 Å². The van der Waals surface area contributed by atoms with E-state index in [-0.39, 0.29) is 11.9 Å². The molecule has 2 heterocycles. The van der Waals surface area contributed by atoms with Crippen LogP contribution in [0.1, 0.15) is 60.5 Å². The fraction of sp³-hybridized carbons (Fsp3) is 0.348. The molecule has 150 valence electrons. The first-order chi connectivity index (χ1) is 14.2. The van der Waals surface area contributed by atoms with E-state index >= 15 is 0 Å². The van der Waals surface area contributed by atoms with Crippen molar-refractivity contribution in [3.05, 3.63) is 70.6 Å². The van der Waals surface area contributed by atoms with E-state index in [1.165, 1.54) is 12.0 Å². The second-order valence-electron chi connectivity index (χ2n) is 7.42. The number of nitrogens with zero attached hydrogens (tertiary/aromatic N) is 3. The number of likely N-dealkylation sites (tertiary alicyclic amines) is 1. The van der Waals surface area contributed by atoms with Crippen LogP contribution >= 0.6 is 11.6 Å². The van der Waals surface area contributed by atoms with E-state index in [0.717, 1.165) is 31.2 Å². The Hall–Kier alpha value is -2.66. The number of amides is 1. The maximum atomic E-state index is 13.1. The quantitative estimate of drug-likeness (QED) is 0.523. The van der Waals surface area contributed by atoms with Gasteiger partial charge in [-0.1, -0.05) is 42.2 Å². The van der Waals surface area contributed by atoms with E-state index in [0.29, 0.717) is 28.8 Å². The van der Waals surface area contributed by atoms with Gasteiger partial charge in [-0.15, -0.1) is 0 Å². The number of carbonyl (C=O) groups excluding carboxylic acids is 1. The van der Waals surface area contributed by atoms with Crippen molar-refractivity contribution < 1.29 is 9.32 Å². The Labute approximate surface area is 175 Å². The summed E-state index contributed by atoms with van der Waals surface area (Å²) in [5, 5.41) is 4.76. The molecule has 1 aliphatic heterocycles. The summed E-state index contributed by atoms with van der Waals surface area (Å²) >= 11 is 5.95. The van der Waals surface area contributed by atoms with E-state index in [1.54, 1.807) is 12.1 Å². The molecule has 1 amide bonds. The van der Waals surface area contributed by atoms with Gasteiger partial charge in [0.2, 0.25) is 11.7 Å². The Bertz CT molecular complexity index is 967. The average Bonchev–Trinajstić information content (AvgIpc) is 3.42. The Morgan fingerprint density at radius 2 is 1.93 bits per heavy atom. The van der Waals surface area contributed by atoms with Crippen molar-refractivity contribution in [1.29, 1.82) is 0 Å². The predicted molar refractivity (Wildman–Crippen MR) is 113 cm³/mol. The molecule has 1 fully saturated rings. The molecule has 0 radical (unpaired) electrons. The van der Waals surface area contributed by atoms with Gasteiger partial charge in [-0.3, -0.25) is 4.79 Å². The molecule has 0 saturated carbocycles. The fourth-order valence-electron chi connectivity index (χ4n) is 3.71. The number of hydrogen-bond acceptors (Lipinski definition) is 4. The summed E-state index contributed by atoms with van der Waals surface area (Å²) < 4.78 is 5.52. The number of benzene rings is 2. The van der Waals surface area contributed by atoms with Crippen LogP contribution in [0.15, 0.2) is 53.1 Å². The molecule has 1 atom stereocenters. The fourth-order valence-corrected chi connectivity index (χ4v) is 3.84. The number of halogens is 1. The van der Waals surface area contributed by atoms with E-state index in [2.05, 4.69) is 29.2 Å². The first-order valence-corrected chi connectivity index (χ1v) is 10.5. The zero-order valence-corrected chi connectivity index (χ0v) is 17.2. The Morgan fingerprint density at radius 1 is 1.17 bits per heavy atom. The highest BCUT2D eigenvalue weighted by Crippen LogP contribution is 2.33. The van der Waals surface area contributed by atoms with E-state index in [1.807, 2.05) is 29.2 Å². The van der Waals surface area contributed by atoms with Crippen LogP contribution in [0.2, 0.25) is 5.02 Å². The maximum absolute atomic E-state index is 13.1. The molecule has 2 aromatic carbocycles. The van der Waals surface area contributed by atoms with Gasteiger partial charge < -0.3 is 9.42 Å². The topological polar surface area (TPSA) is 59.2 Å². The summed E-state index contributed by atoms with van der Waals surface area (Å²) in [5.41, 5.74) is 2.81. The van der Waals surface area contributed by atoms with Gasteiger partial charge in [0, 0.05) is 22.7 Å². The molecule has 0 aliphatic carbocycles. The van der Waals surface area contributed by atoms with Crippen LogP contribution in [0.25, 0.3) is 11.4 Å². The van der Waals surface area contributed by atoms with Crippen LogP contribution in [0.4, 0.5) is 0 Å². The first-order valence-electron chi connectivity index (χ1n) is 10.1. The van der Waals surface area contributed by atoms with Crippen molar-refractivity contribution in [3.63, 3.8) is 0 Å². The lowest BCUT2D eigenvalue weighted by Crippen LogP contribution is -2.30. The van der Waals surface area contributed by atoms with Gasteiger partial charge in [-0.2, -0.15) is 4.98 Å². The molecule has 0 spiro atoms. The van der Waals surface area contributed by atoms with E-state index in [9.17, 15) is 4.79 Å². The number of hydrogen-bond donors (Lipinski definition) is 0. The Morgan fingerprint density at radius 3 is 2.66 bits per heavy atom. The van der Waals surface area contributed by atoms with Gasteiger partial charge >= 0.3 is 0 Å². The van der Waals surface area contributed by atoms with Gasteiger partial charge in [0.15, 0.2) is 0 Å². The van der Waals surface area contributed by atoms with Gasteiger partial charge in [-0.25, -0.2) is 0 Å². The standard InChI is InChI=1S/C23H24ClN3O2/c1-2-3-5-16-7-9-18(10-8-16)23(28)27-15-4-6-20(27)22-25-21(26-29-22)17-11-13-19(24)14-12-17/h7-14,20H,2-6,15H2,1H3/t20-/m0/s1. The molecule has 1 aromatic heterocycles. The lowest BCUT2D eigenvalue weighted by atomic mass is 10.1. The predicted octanol–water partition coefficient (Wildman–Crippen LogP) is 5.71. The summed E-state index contributed by atoms with van der Waals surface area (Å²) in [6.45, 7) is 2.88. The highest BCUT2D eigenvalue weighted by atomic mass is 35.5. The third-order valence-electron chi connectivity index (χ3n) is 5.36. The number of carbonyl (C=O) groups is 1. The monoisotopic (exact) mass is 409 g/mol. The van der Waals surface area contributed by atoms with Gasteiger partial charge in [-0.05, 0) is 67.6 Å². The molecular formula is C23H24ClN3O2. The minimum atomic E-state index is -0.184. The zero-order chi connectivity index (χ0) is 20.2. The minimum absolute atomic E-state index is 0.0146. The third kappa shape index (κ3) is 4.35. The van der Waals surface area contributed by atoms with E-state index in [4.69, 9.17) is 16.1 Å². The summed E-state index contributed by atoms with van der Waals surface area (Å²) in [6.07, 6.45) is 5.12. The zero-order valence-electron chi connectivity index (χ0n) is 16.5. The SMILES string of the molecule is CCCCc1ccc(C(=O)N2CCC[C@H]2c2nc(-c3ccc(Cl)cc3)no2)cc1. The second-order valence-corrected chi connectivity index (χ2v) is 7.86. The molecule has 0 N–H and O–H groups in total. The normalized spacial score (nSPS) is 16.3. The molecule has 4 rings (SSSR count). The highest BCUT2D eigenvalue weighted by Gasteiger charge is 2.34. The number of aromatic nitrogens is 2. The van der Waals surface area contributed by atoms with Crippen molar-refractivity contribution in [3.8, 4) is 11.4 Å². The largest absolute Gasteiger partial charge is 0.337 e. The van der Waals surface area contributed by atoms with Gasteiger partial charge in [0.1, 0.15) is 6.04 Å². The second kappa shape index (κ2) is 8.78. The molecule has 1 saturated heterocycles. The summed E-state index contributed by atoms with van der Waals surface area (Å²) in [6, 6.07) is 15.1. The maximum Gasteiger partial charge on any atom is 0.254 e. The molecular weight excluding hydrogens is 386 g/mol. The molecule has 3 aromatic rings. The van der Waals surface area contributed by atoms with Crippen molar-refractivity contribution >= 4 is 17.5 Å².